The van der Waals surface area contributed by atoms with Crippen molar-refractivity contribution in [1.82, 2.24) is 9.97 Å². The second-order valence-corrected chi connectivity index (χ2v) is 10.9. The summed E-state index contributed by atoms with van der Waals surface area (Å²) in [5.74, 6) is -8.48. The number of carbonyl (C=O) groups excluding carboxylic acids is 1. The third-order valence-corrected chi connectivity index (χ3v) is 8.18. The molecule has 12 heteroatoms. The fourth-order valence-electron chi connectivity index (χ4n) is 6.18. The SMILES string of the molecule is O=C(/C=C/C1=C[C@H]2c3nc4ccccc4nc3[C@@H]1[C@H](C(=O)O)[C@H]2c1ccc(O)c(O)c1)O[C@H](Cc1ccc(O)c(O)c1)C(=O)O. The molecule has 4 aromatic rings. The van der Waals surface area contributed by atoms with Crippen LogP contribution < -0.4 is 0 Å². The number of aromatic nitrogens is 2. The van der Waals surface area contributed by atoms with E-state index in [0.717, 1.165) is 12.1 Å². The Bertz CT molecular complexity index is 1930. The monoisotopic (exact) mass is 610 g/mol. The van der Waals surface area contributed by atoms with Gasteiger partial charge in [-0.3, -0.25) is 4.79 Å². The average molecular weight is 611 g/mol. The Hall–Kier alpha value is -5.91. The van der Waals surface area contributed by atoms with Gasteiger partial charge in [0.05, 0.1) is 28.3 Å². The van der Waals surface area contributed by atoms with Crippen molar-refractivity contribution in [1.29, 1.82) is 0 Å². The molecule has 228 valence electrons. The number of fused-ring (bicyclic) bond motifs is 2. The smallest absolute Gasteiger partial charge is 0.345 e. The van der Waals surface area contributed by atoms with Gasteiger partial charge in [-0.05, 0) is 53.1 Å². The van der Waals surface area contributed by atoms with Crippen LogP contribution in [0.1, 0.15) is 40.3 Å². The van der Waals surface area contributed by atoms with Crippen LogP contribution in [0.4, 0.5) is 0 Å². The third kappa shape index (κ3) is 5.37. The predicted octanol–water partition coefficient (Wildman–Crippen LogP) is 3.85. The largest absolute Gasteiger partial charge is 0.504 e. The number of phenols is 4. The van der Waals surface area contributed by atoms with E-state index in [1.54, 1.807) is 30.3 Å². The second-order valence-electron chi connectivity index (χ2n) is 10.9. The number of rotatable bonds is 8. The van der Waals surface area contributed by atoms with E-state index in [2.05, 4.69) is 0 Å². The van der Waals surface area contributed by atoms with Gasteiger partial charge in [-0.15, -0.1) is 0 Å². The zero-order chi connectivity index (χ0) is 32.0. The molecule has 0 radical (unpaired) electrons. The number of phenolic OH excluding ortho intramolecular Hbond substituents is 4. The molecule has 1 heterocycles. The van der Waals surface area contributed by atoms with Crippen molar-refractivity contribution in [3.63, 3.8) is 0 Å². The average Bonchev–Trinajstić information content (AvgIpc) is 3.01. The van der Waals surface area contributed by atoms with E-state index >= 15 is 0 Å². The van der Waals surface area contributed by atoms with E-state index in [-0.39, 0.29) is 17.9 Å². The minimum absolute atomic E-state index is 0.283. The van der Waals surface area contributed by atoms with E-state index in [1.165, 1.54) is 30.3 Å². The number of hydrogen-bond donors (Lipinski definition) is 6. The number of hydrogen-bond acceptors (Lipinski definition) is 10. The zero-order valence-corrected chi connectivity index (χ0v) is 23.3. The molecule has 5 atom stereocenters. The van der Waals surface area contributed by atoms with E-state index in [9.17, 15) is 45.0 Å². The van der Waals surface area contributed by atoms with Crippen molar-refractivity contribution in [2.24, 2.45) is 5.92 Å². The normalized spacial score (nSPS) is 20.8. The Labute approximate surface area is 254 Å². The molecule has 0 saturated carbocycles. The molecule has 6 N–H and O–H groups in total. The fraction of sp³-hybridized carbons (Fsp3) is 0.182. The molecule has 2 bridgehead atoms. The molecule has 0 saturated heterocycles. The summed E-state index contributed by atoms with van der Waals surface area (Å²) in [6, 6.07) is 15.0. The molecule has 7 rings (SSSR count). The van der Waals surface area contributed by atoms with Crippen LogP contribution in [0, 0.1) is 5.92 Å². The molecule has 0 amide bonds. The van der Waals surface area contributed by atoms with Gasteiger partial charge in [0.15, 0.2) is 23.0 Å². The number of ether oxygens (including phenoxy) is 1. The molecule has 3 aliphatic rings. The summed E-state index contributed by atoms with van der Waals surface area (Å²) in [5, 5.41) is 59.5. The van der Waals surface area contributed by atoms with E-state index in [0.29, 0.717) is 39.1 Å². The van der Waals surface area contributed by atoms with Gasteiger partial charge in [-0.25, -0.2) is 19.6 Å². The number of carbonyl (C=O) groups is 3. The molecular weight excluding hydrogens is 584 g/mol. The summed E-state index contributed by atoms with van der Waals surface area (Å²) < 4.78 is 5.18. The maximum atomic E-state index is 12.9. The molecule has 0 unspecified atom stereocenters. The Morgan fingerprint density at radius 2 is 1.47 bits per heavy atom. The quantitative estimate of drug-likeness (QED) is 0.0955. The number of aromatic hydroxyl groups is 4. The highest BCUT2D eigenvalue weighted by atomic mass is 16.6. The predicted molar refractivity (Wildman–Crippen MR) is 157 cm³/mol. The number of benzene rings is 3. The first-order valence-electron chi connectivity index (χ1n) is 13.9. The highest BCUT2D eigenvalue weighted by Gasteiger charge is 2.52. The van der Waals surface area contributed by atoms with Crippen LogP contribution in [0.2, 0.25) is 0 Å². The Balaban J connectivity index is 1.36. The van der Waals surface area contributed by atoms with Gasteiger partial charge in [-0.2, -0.15) is 0 Å². The van der Waals surface area contributed by atoms with Crippen molar-refractivity contribution in [2.45, 2.75) is 30.3 Å². The first kappa shape index (κ1) is 29.2. The van der Waals surface area contributed by atoms with E-state index in [1.807, 2.05) is 6.07 Å². The van der Waals surface area contributed by atoms with Gasteiger partial charge in [0, 0.05) is 30.3 Å². The van der Waals surface area contributed by atoms with E-state index < -0.39 is 59.2 Å². The third-order valence-electron chi connectivity index (χ3n) is 8.18. The molecule has 3 aromatic carbocycles. The first-order valence-corrected chi connectivity index (χ1v) is 13.9. The molecule has 45 heavy (non-hydrogen) atoms. The number of carboxylic acids is 2. The fourth-order valence-corrected chi connectivity index (χ4v) is 6.18. The molecule has 12 nitrogen and oxygen atoms in total. The van der Waals surface area contributed by atoms with Gasteiger partial charge in [0.1, 0.15) is 0 Å². The molecule has 1 aromatic heterocycles. The number of aliphatic carboxylic acids is 2. The lowest BCUT2D eigenvalue weighted by atomic mass is 9.57. The first-order chi connectivity index (χ1) is 21.5. The van der Waals surface area contributed by atoms with Gasteiger partial charge in [0.25, 0.3) is 0 Å². The molecular formula is C33H26N2O10. The van der Waals surface area contributed by atoms with E-state index in [4.69, 9.17) is 14.7 Å². The van der Waals surface area contributed by atoms with Crippen LogP contribution in [0.5, 0.6) is 23.0 Å². The number of nitrogens with zero attached hydrogens (tertiary/aromatic N) is 2. The summed E-state index contributed by atoms with van der Waals surface area (Å²) in [6.45, 7) is 0. The number of allylic oxidation sites excluding steroid dienone is 3. The second kappa shape index (κ2) is 11.3. The standard InChI is InChI=1S/C33H26N2O10/c36-21-8-5-15(11-23(21)38)12-25(32(41)42)45-26(40)10-7-16-13-18-27(17-6-9-22(37)24(39)14-17)29(33(43)44)28(16)31-30(18)34-19-3-1-2-4-20(19)35-31/h1-11,13-14,18,25,27-29,36-39H,12H2,(H,41,42)(H,43,44)/b10-7+/t18-,25-,27+,28+,29-/m1/s1. The van der Waals surface area contributed by atoms with Crippen LogP contribution in [0.25, 0.3) is 11.0 Å². The Morgan fingerprint density at radius 1 is 0.822 bits per heavy atom. The highest BCUT2D eigenvalue weighted by molar-refractivity contribution is 5.86. The Kier molecular flexibility index (Phi) is 7.33. The molecule has 0 fully saturated rings. The molecule has 3 aliphatic carbocycles. The van der Waals surface area contributed by atoms with Crippen LogP contribution in [-0.2, 0) is 25.5 Å². The van der Waals surface area contributed by atoms with Crippen molar-refractivity contribution in [2.75, 3.05) is 0 Å². The van der Waals surface area contributed by atoms with Crippen molar-refractivity contribution in [3.05, 3.63) is 107 Å². The minimum atomic E-state index is -1.61. The number of para-hydroxylation sites is 2. The maximum absolute atomic E-state index is 12.9. The van der Waals surface area contributed by atoms with Crippen LogP contribution in [0.15, 0.2) is 84.5 Å². The van der Waals surface area contributed by atoms with Crippen LogP contribution in [0.3, 0.4) is 0 Å². The maximum Gasteiger partial charge on any atom is 0.345 e. The van der Waals surface area contributed by atoms with Gasteiger partial charge in [0.2, 0.25) is 6.10 Å². The summed E-state index contributed by atoms with van der Waals surface area (Å²) >= 11 is 0. The lowest BCUT2D eigenvalue weighted by Gasteiger charge is -2.45. The van der Waals surface area contributed by atoms with Crippen LogP contribution >= 0.6 is 0 Å². The summed E-state index contributed by atoms with van der Waals surface area (Å²) in [7, 11) is 0. The van der Waals surface area contributed by atoms with Crippen molar-refractivity contribution < 1.29 is 49.8 Å². The number of esters is 1. The Morgan fingerprint density at radius 3 is 2.09 bits per heavy atom. The van der Waals surface area contributed by atoms with Crippen molar-refractivity contribution in [3.8, 4) is 23.0 Å². The summed E-state index contributed by atoms with van der Waals surface area (Å²) in [5.41, 5.74) is 3.36. The van der Waals surface area contributed by atoms with Gasteiger partial charge < -0.3 is 35.4 Å². The summed E-state index contributed by atoms with van der Waals surface area (Å²) in [4.78, 5) is 47.1. The van der Waals surface area contributed by atoms with Crippen molar-refractivity contribution >= 4 is 28.9 Å². The topological polar surface area (TPSA) is 208 Å². The highest BCUT2D eigenvalue weighted by Crippen LogP contribution is 2.58. The number of carboxylic acid groups (broad SMARTS) is 2. The lowest BCUT2D eigenvalue weighted by Crippen LogP contribution is -2.41. The molecule has 0 spiro atoms. The minimum Gasteiger partial charge on any atom is -0.504 e. The van der Waals surface area contributed by atoms with Gasteiger partial charge >= 0.3 is 17.9 Å². The lowest BCUT2D eigenvalue weighted by molar-refractivity contribution is -0.160. The molecule has 0 aliphatic heterocycles. The van der Waals surface area contributed by atoms with Crippen LogP contribution in [-0.4, -0.2) is 64.6 Å². The van der Waals surface area contributed by atoms with Gasteiger partial charge in [-0.1, -0.05) is 36.4 Å². The zero-order valence-electron chi connectivity index (χ0n) is 23.3. The summed E-state index contributed by atoms with van der Waals surface area (Å²) in [6.07, 6.45) is 2.28.